The first-order chi connectivity index (χ1) is 16.5. The van der Waals surface area contributed by atoms with Gasteiger partial charge < -0.3 is 15.0 Å². The van der Waals surface area contributed by atoms with E-state index in [4.69, 9.17) is 4.74 Å². The van der Waals surface area contributed by atoms with E-state index in [1.165, 1.54) is 23.5 Å². The number of carbonyl (C=O) groups is 2. The van der Waals surface area contributed by atoms with Gasteiger partial charge in [-0.1, -0.05) is 43.2 Å². The average Bonchev–Trinajstić information content (AvgIpc) is 3.54. The molecule has 0 saturated heterocycles. The SMILES string of the molecule is COc1cccc(CN(C(=O)Cc2cccs2)[C@@H](C(=O)NC2CCCC2)c2ccc(F)cc2)c1. The minimum Gasteiger partial charge on any atom is -0.497 e. The average molecular weight is 481 g/mol. The number of carbonyl (C=O) groups excluding carboxylic acids is 2. The van der Waals surface area contributed by atoms with Gasteiger partial charge in [0.25, 0.3) is 0 Å². The predicted octanol–water partition coefficient (Wildman–Crippen LogP) is 5.27. The Morgan fingerprint density at radius 2 is 1.88 bits per heavy atom. The van der Waals surface area contributed by atoms with Crippen molar-refractivity contribution in [2.75, 3.05) is 7.11 Å². The molecule has 0 aliphatic heterocycles. The molecule has 34 heavy (non-hydrogen) atoms. The molecule has 1 aliphatic carbocycles. The Morgan fingerprint density at radius 3 is 2.56 bits per heavy atom. The van der Waals surface area contributed by atoms with Crippen LogP contribution >= 0.6 is 11.3 Å². The molecule has 4 rings (SSSR count). The number of methoxy groups -OCH3 is 1. The molecule has 2 aromatic carbocycles. The minimum atomic E-state index is -0.875. The van der Waals surface area contributed by atoms with Gasteiger partial charge in [0.1, 0.15) is 17.6 Å². The molecule has 1 aromatic heterocycles. The van der Waals surface area contributed by atoms with Gasteiger partial charge in [-0.25, -0.2) is 4.39 Å². The van der Waals surface area contributed by atoms with Crippen LogP contribution < -0.4 is 10.1 Å². The van der Waals surface area contributed by atoms with E-state index in [1.807, 2.05) is 41.8 Å². The molecule has 2 amide bonds. The number of nitrogens with zero attached hydrogens (tertiary/aromatic N) is 1. The second-order valence-corrected chi connectivity index (χ2v) is 9.61. The predicted molar refractivity (Wildman–Crippen MR) is 131 cm³/mol. The third-order valence-corrected chi connectivity index (χ3v) is 7.04. The van der Waals surface area contributed by atoms with Crippen molar-refractivity contribution in [2.45, 2.75) is 50.7 Å². The van der Waals surface area contributed by atoms with Gasteiger partial charge in [0.05, 0.1) is 13.5 Å². The maximum atomic E-state index is 13.7. The molecule has 0 unspecified atom stereocenters. The van der Waals surface area contributed by atoms with E-state index in [0.29, 0.717) is 11.3 Å². The fourth-order valence-corrected chi connectivity index (χ4v) is 5.12. The van der Waals surface area contributed by atoms with Crippen molar-refractivity contribution in [1.29, 1.82) is 0 Å². The van der Waals surface area contributed by atoms with E-state index in [1.54, 1.807) is 24.1 Å². The molecular weight excluding hydrogens is 451 g/mol. The van der Waals surface area contributed by atoms with Crippen LogP contribution in [0.5, 0.6) is 5.75 Å². The fraction of sp³-hybridized carbons (Fsp3) is 0.333. The van der Waals surface area contributed by atoms with Gasteiger partial charge in [-0.05, 0) is 59.7 Å². The maximum absolute atomic E-state index is 13.7. The van der Waals surface area contributed by atoms with Crippen molar-refractivity contribution in [3.8, 4) is 5.75 Å². The molecule has 0 spiro atoms. The van der Waals surface area contributed by atoms with Crippen LogP contribution in [0.1, 0.15) is 47.7 Å². The molecule has 0 bridgehead atoms. The van der Waals surface area contributed by atoms with Crippen molar-refractivity contribution in [1.82, 2.24) is 10.2 Å². The van der Waals surface area contributed by atoms with Gasteiger partial charge >= 0.3 is 0 Å². The summed E-state index contributed by atoms with van der Waals surface area (Å²) in [5.41, 5.74) is 1.43. The first-order valence-corrected chi connectivity index (χ1v) is 12.4. The van der Waals surface area contributed by atoms with Gasteiger partial charge in [0, 0.05) is 17.5 Å². The lowest BCUT2D eigenvalue weighted by molar-refractivity contribution is -0.141. The van der Waals surface area contributed by atoms with Gasteiger partial charge in [-0.15, -0.1) is 11.3 Å². The lowest BCUT2D eigenvalue weighted by atomic mass is 10.0. The molecule has 1 saturated carbocycles. The summed E-state index contributed by atoms with van der Waals surface area (Å²) in [4.78, 5) is 29.8. The number of amides is 2. The van der Waals surface area contributed by atoms with Crippen LogP contribution in [0.15, 0.2) is 66.0 Å². The summed E-state index contributed by atoms with van der Waals surface area (Å²) < 4.78 is 19.1. The fourth-order valence-electron chi connectivity index (χ4n) is 4.42. The Bertz CT molecular complexity index is 1100. The smallest absolute Gasteiger partial charge is 0.247 e. The van der Waals surface area contributed by atoms with Crippen LogP contribution in [0, 0.1) is 5.82 Å². The Kier molecular flexibility index (Phi) is 7.95. The van der Waals surface area contributed by atoms with Crippen molar-refractivity contribution in [3.05, 3.63) is 87.9 Å². The highest BCUT2D eigenvalue weighted by atomic mass is 32.1. The second kappa shape index (κ2) is 11.3. The van der Waals surface area contributed by atoms with Gasteiger partial charge in [-0.2, -0.15) is 0 Å². The van der Waals surface area contributed by atoms with E-state index >= 15 is 0 Å². The highest BCUT2D eigenvalue weighted by Gasteiger charge is 2.33. The Morgan fingerprint density at radius 1 is 1.12 bits per heavy atom. The molecule has 0 radical (unpaired) electrons. The first kappa shape index (κ1) is 24.0. The van der Waals surface area contributed by atoms with Crippen molar-refractivity contribution >= 4 is 23.2 Å². The summed E-state index contributed by atoms with van der Waals surface area (Å²) in [6, 6.07) is 16.4. The van der Waals surface area contributed by atoms with E-state index in [-0.39, 0.29) is 36.6 Å². The van der Waals surface area contributed by atoms with E-state index in [2.05, 4.69) is 5.32 Å². The Hall–Kier alpha value is -3.19. The molecule has 178 valence electrons. The largest absolute Gasteiger partial charge is 0.497 e. The number of thiophene rings is 1. The molecule has 3 aromatic rings. The maximum Gasteiger partial charge on any atom is 0.247 e. The summed E-state index contributed by atoms with van der Waals surface area (Å²) in [6.07, 6.45) is 4.21. The quantitative estimate of drug-likeness (QED) is 0.454. The molecular formula is C27H29FN2O3S. The lowest BCUT2D eigenvalue weighted by Gasteiger charge is -2.32. The summed E-state index contributed by atoms with van der Waals surface area (Å²) in [5, 5.41) is 5.08. The number of nitrogens with one attached hydrogen (secondary N) is 1. The number of halogens is 1. The molecule has 7 heteroatoms. The summed E-state index contributed by atoms with van der Waals surface area (Å²) in [7, 11) is 1.59. The minimum absolute atomic E-state index is 0.0986. The highest BCUT2D eigenvalue weighted by Crippen LogP contribution is 2.28. The normalized spacial score (nSPS) is 14.5. The van der Waals surface area contributed by atoms with E-state index < -0.39 is 6.04 Å². The number of ether oxygens (including phenoxy) is 1. The number of benzene rings is 2. The van der Waals surface area contributed by atoms with Crippen molar-refractivity contribution < 1.29 is 18.7 Å². The standard InChI is InChI=1S/C27H29FN2O3S/c1-33-23-9-4-6-19(16-23)18-30(25(31)17-24-10-5-15-34-24)26(20-11-13-21(28)14-12-20)27(32)29-22-7-2-3-8-22/h4-6,9-16,22,26H,2-3,7-8,17-18H2,1H3,(H,29,32)/t26-/m1/s1. The molecule has 1 atom stereocenters. The highest BCUT2D eigenvalue weighted by molar-refractivity contribution is 7.10. The van der Waals surface area contributed by atoms with Crippen LogP contribution in [0.4, 0.5) is 4.39 Å². The van der Waals surface area contributed by atoms with Gasteiger partial charge in [0.2, 0.25) is 11.8 Å². The zero-order valence-corrected chi connectivity index (χ0v) is 20.0. The number of hydrogen-bond acceptors (Lipinski definition) is 4. The van der Waals surface area contributed by atoms with Crippen LogP contribution in [-0.4, -0.2) is 29.9 Å². The van der Waals surface area contributed by atoms with Crippen molar-refractivity contribution in [2.24, 2.45) is 0 Å². The van der Waals surface area contributed by atoms with Crippen LogP contribution in [0.25, 0.3) is 0 Å². The summed E-state index contributed by atoms with van der Waals surface area (Å²) >= 11 is 1.51. The van der Waals surface area contributed by atoms with Crippen LogP contribution in [0.3, 0.4) is 0 Å². The van der Waals surface area contributed by atoms with Crippen LogP contribution in [0.2, 0.25) is 0 Å². The second-order valence-electron chi connectivity index (χ2n) is 8.57. The monoisotopic (exact) mass is 480 g/mol. The first-order valence-electron chi connectivity index (χ1n) is 11.5. The van der Waals surface area contributed by atoms with E-state index in [9.17, 15) is 14.0 Å². The van der Waals surface area contributed by atoms with Gasteiger partial charge in [-0.3, -0.25) is 9.59 Å². The molecule has 1 fully saturated rings. The van der Waals surface area contributed by atoms with Gasteiger partial charge in [0.15, 0.2) is 0 Å². The zero-order chi connectivity index (χ0) is 23.9. The summed E-state index contributed by atoms with van der Waals surface area (Å²) in [5.74, 6) is -0.109. The molecule has 1 heterocycles. The Labute approximate surface area is 203 Å². The third-order valence-electron chi connectivity index (χ3n) is 6.16. The molecule has 1 N–H and O–H groups in total. The third kappa shape index (κ3) is 6.03. The zero-order valence-electron chi connectivity index (χ0n) is 19.2. The molecule has 5 nitrogen and oxygen atoms in total. The topological polar surface area (TPSA) is 58.6 Å². The summed E-state index contributed by atoms with van der Waals surface area (Å²) in [6.45, 7) is 0.224. The van der Waals surface area contributed by atoms with Crippen molar-refractivity contribution in [3.63, 3.8) is 0 Å². The number of rotatable bonds is 9. The lowest BCUT2D eigenvalue weighted by Crippen LogP contribution is -2.46. The number of hydrogen-bond donors (Lipinski definition) is 1. The Balaban J connectivity index is 1.70. The van der Waals surface area contributed by atoms with Crippen LogP contribution in [-0.2, 0) is 22.6 Å². The molecule has 1 aliphatic rings. The van der Waals surface area contributed by atoms with E-state index in [0.717, 1.165) is 36.1 Å².